The maximum absolute atomic E-state index is 14.4. The molecule has 3 fully saturated rings. The predicted molar refractivity (Wildman–Crippen MR) is 247 cm³/mol. The maximum Gasteiger partial charge on any atom is 0.323 e. The quantitative estimate of drug-likeness (QED) is 0.159. The largest absolute Gasteiger partial charge is 0.460 e. The lowest BCUT2D eigenvalue weighted by Crippen LogP contribution is -2.64. The molecule has 0 aromatic rings. The van der Waals surface area contributed by atoms with Crippen LogP contribution in [-0.4, -0.2) is 143 Å². The molecule has 3 heterocycles. The van der Waals surface area contributed by atoms with Gasteiger partial charge in [-0.05, 0) is 101 Å². The first-order chi connectivity index (χ1) is 30.7. The van der Waals surface area contributed by atoms with Crippen LogP contribution in [0.5, 0.6) is 0 Å². The fourth-order valence-corrected chi connectivity index (χ4v) is 10.4. The molecule has 0 aromatic heterocycles. The van der Waals surface area contributed by atoms with Crippen molar-refractivity contribution in [2.45, 2.75) is 192 Å². The molecule has 14 nitrogen and oxygen atoms in total. The van der Waals surface area contributed by atoms with Gasteiger partial charge in [-0.25, -0.2) is 0 Å². The minimum Gasteiger partial charge on any atom is -0.460 e. The highest BCUT2D eigenvalue weighted by molar-refractivity contribution is 5.86. The topological polar surface area (TPSA) is 202 Å². The summed E-state index contributed by atoms with van der Waals surface area (Å²) in [7, 11) is 4.58. The monoisotopic (exact) mass is 918 g/mol. The molecular formula is C51H83NO13. The Balaban J connectivity index is 1.70. The number of carbonyl (C=O) groups excluding carboxylic acids is 3. The molecule has 3 aliphatic heterocycles. The van der Waals surface area contributed by atoms with E-state index in [1.807, 2.05) is 58.1 Å². The van der Waals surface area contributed by atoms with E-state index in [9.17, 15) is 39.9 Å². The highest BCUT2D eigenvalue weighted by Gasteiger charge is 2.53. The van der Waals surface area contributed by atoms with Crippen molar-refractivity contribution < 1.29 is 63.6 Å². The van der Waals surface area contributed by atoms with Crippen molar-refractivity contribution in [3.05, 3.63) is 47.6 Å². The molecule has 4 rings (SSSR count). The Morgan fingerprint density at radius 2 is 1.57 bits per heavy atom. The average Bonchev–Trinajstić information content (AvgIpc) is 3.28. The van der Waals surface area contributed by atoms with Crippen LogP contribution < -0.4 is 0 Å². The van der Waals surface area contributed by atoms with Gasteiger partial charge in [0.15, 0.2) is 11.6 Å². The van der Waals surface area contributed by atoms with E-state index in [1.54, 1.807) is 41.1 Å². The summed E-state index contributed by atoms with van der Waals surface area (Å²) in [5.74, 6) is -5.08. The van der Waals surface area contributed by atoms with Crippen molar-refractivity contribution in [3.63, 3.8) is 0 Å². The fourth-order valence-electron chi connectivity index (χ4n) is 10.4. The van der Waals surface area contributed by atoms with Gasteiger partial charge in [-0.3, -0.25) is 19.3 Å². The summed E-state index contributed by atoms with van der Waals surface area (Å²) >= 11 is 0. The maximum atomic E-state index is 14.4. The molecule has 14 heteroatoms. The van der Waals surface area contributed by atoms with Crippen molar-refractivity contribution in [2.75, 3.05) is 27.9 Å². The van der Waals surface area contributed by atoms with E-state index in [-0.39, 0.29) is 54.5 Å². The molecule has 0 aromatic carbocycles. The number of methoxy groups -OCH3 is 3. The smallest absolute Gasteiger partial charge is 0.323 e. The van der Waals surface area contributed by atoms with Gasteiger partial charge in [0.2, 0.25) is 0 Å². The van der Waals surface area contributed by atoms with Crippen LogP contribution in [0.15, 0.2) is 47.6 Å². The zero-order chi connectivity index (χ0) is 48.2. The molecule has 0 amide bonds. The summed E-state index contributed by atoms with van der Waals surface area (Å²) < 4.78 is 29.7. The van der Waals surface area contributed by atoms with E-state index in [1.165, 1.54) is 12.0 Å². The molecule has 65 heavy (non-hydrogen) atoms. The first-order valence-corrected chi connectivity index (χ1v) is 24.2. The van der Waals surface area contributed by atoms with E-state index in [4.69, 9.17) is 23.7 Å². The molecule has 2 saturated heterocycles. The second-order valence-corrected chi connectivity index (χ2v) is 19.9. The number of allylic oxidation sites excluding steroid dienone is 6. The lowest BCUT2D eigenvalue weighted by Gasteiger charge is -2.49. The Morgan fingerprint density at radius 1 is 0.846 bits per heavy atom. The van der Waals surface area contributed by atoms with Crippen LogP contribution in [0.1, 0.15) is 126 Å². The van der Waals surface area contributed by atoms with Gasteiger partial charge >= 0.3 is 5.97 Å². The Labute approximate surface area is 388 Å². The third-order valence-electron chi connectivity index (χ3n) is 14.8. The second-order valence-electron chi connectivity index (χ2n) is 19.9. The lowest BCUT2D eigenvalue weighted by atomic mass is 9.78. The van der Waals surface area contributed by atoms with Gasteiger partial charge in [0, 0.05) is 58.5 Å². The summed E-state index contributed by atoms with van der Waals surface area (Å²) in [6.07, 6.45) is 8.77. The van der Waals surface area contributed by atoms with Crippen molar-refractivity contribution in [1.29, 1.82) is 0 Å². The number of hydrogen-bond donors (Lipinski definition) is 5. The Kier molecular flexibility index (Phi) is 21.7. The summed E-state index contributed by atoms with van der Waals surface area (Å²) in [4.78, 5) is 43.7. The average molecular weight is 918 g/mol. The van der Waals surface area contributed by atoms with Crippen LogP contribution >= 0.6 is 0 Å². The minimum absolute atomic E-state index is 0.0325. The third-order valence-corrected chi connectivity index (χ3v) is 14.8. The van der Waals surface area contributed by atoms with Crippen LogP contribution in [0, 0.1) is 35.5 Å². The van der Waals surface area contributed by atoms with E-state index < -0.39 is 78.4 Å². The molecule has 17 atom stereocenters. The summed E-state index contributed by atoms with van der Waals surface area (Å²) in [5, 5.41) is 57.8. The first-order valence-electron chi connectivity index (χ1n) is 24.2. The highest BCUT2D eigenvalue weighted by Crippen LogP contribution is 2.40. The van der Waals surface area contributed by atoms with Crippen LogP contribution in [0.25, 0.3) is 0 Å². The van der Waals surface area contributed by atoms with Crippen LogP contribution in [0.3, 0.4) is 0 Å². The number of nitrogens with zero attached hydrogens (tertiary/aromatic N) is 1. The normalized spacial score (nSPS) is 42.9. The van der Waals surface area contributed by atoms with Gasteiger partial charge in [-0.15, -0.1) is 0 Å². The number of aliphatic hydroxyl groups is 5. The van der Waals surface area contributed by atoms with Crippen LogP contribution in [0.4, 0.5) is 0 Å². The van der Waals surface area contributed by atoms with Crippen LogP contribution in [-0.2, 0) is 38.1 Å². The van der Waals surface area contributed by atoms with Crippen LogP contribution in [0.2, 0.25) is 0 Å². The number of cyclic esters (lactones) is 1. The summed E-state index contributed by atoms with van der Waals surface area (Å²) in [5.41, 5.74) is 1.32. The molecule has 370 valence electrons. The Hall–Kier alpha value is -2.63. The zero-order valence-electron chi connectivity index (χ0n) is 40.8. The van der Waals surface area contributed by atoms with E-state index >= 15 is 0 Å². The molecule has 1 aliphatic carbocycles. The van der Waals surface area contributed by atoms with Gasteiger partial charge in [0.25, 0.3) is 0 Å². The number of hydrogen-bond acceptors (Lipinski definition) is 14. The van der Waals surface area contributed by atoms with E-state index in [2.05, 4.69) is 0 Å². The zero-order valence-corrected chi connectivity index (χ0v) is 40.8. The van der Waals surface area contributed by atoms with Gasteiger partial charge in [-0.1, -0.05) is 77.5 Å². The number of Topliss-reactive ketones (excluding diaryl/α,β-unsaturated/α-hetero) is 2. The number of carbonyl (C=O) groups is 3. The number of aliphatic hydroxyl groups excluding tert-OH is 4. The lowest BCUT2D eigenvalue weighted by molar-refractivity contribution is -0.344. The van der Waals surface area contributed by atoms with E-state index in [0.717, 1.165) is 12.0 Å². The molecule has 2 bridgehead atoms. The Bertz CT molecular complexity index is 1660. The molecule has 17 unspecified atom stereocenters. The van der Waals surface area contributed by atoms with Gasteiger partial charge in [0.05, 0.1) is 24.4 Å². The molecule has 4 aliphatic rings. The van der Waals surface area contributed by atoms with E-state index in [0.29, 0.717) is 69.8 Å². The number of fused-ring (bicyclic) bond motifs is 3. The first kappa shape index (κ1) is 55.0. The predicted octanol–water partition coefficient (Wildman–Crippen LogP) is 5.76. The van der Waals surface area contributed by atoms with Crippen molar-refractivity contribution in [3.8, 4) is 0 Å². The molecule has 1 saturated carbocycles. The standard InChI is InChI=1S/C51H83NO13/c1-30-16-12-11-13-17-31(2)42(61-8)28-38-21-19-36(7)51(60,65-38)48(57)49(58)52-23-15-14-18-39(52)50(59)64-43(33(4)26-37-20-22-40(53)44(27-37)62-9)29-41(54)32(3)25-35(6)46(56)47(63-10)45(55)34(5)24-30/h11-13,16-17,25,30,32-34,36-40,42-44,46-49,53,56-58,60H,14-15,18-24,26-29H2,1-10H3/b13-11+,16-12+,31-17+,35-25+. The van der Waals surface area contributed by atoms with Gasteiger partial charge in [0.1, 0.15) is 42.5 Å². The van der Waals surface area contributed by atoms with Gasteiger partial charge < -0.3 is 49.2 Å². The number of ketones is 2. The number of rotatable bonds is 6. The minimum atomic E-state index is -2.13. The highest BCUT2D eigenvalue weighted by atomic mass is 16.6. The molecular weight excluding hydrogens is 835 g/mol. The number of ether oxygens (including phenoxy) is 5. The number of piperidine rings is 1. The van der Waals surface area contributed by atoms with Gasteiger partial charge in [-0.2, -0.15) is 0 Å². The molecule has 0 radical (unpaired) electrons. The summed E-state index contributed by atoms with van der Waals surface area (Å²) in [6, 6.07) is -0.979. The third kappa shape index (κ3) is 14.7. The fraction of sp³-hybridized carbons (Fsp3) is 0.784. The molecule has 0 spiro atoms. The number of esters is 1. The molecule has 5 N–H and O–H groups in total. The Morgan fingerprint density at radius 3 is 2.25 bits per heavy atom. The summed E-state index contributed by atoms with van der Waals surface area (Å²) in [6.45, 7) is 13.1. The van der Waals surface area contributed by atoms with Crippen molar-refractivity contribution in [2.24, 2.45) is 35.5 Å². The van der Waals surface area contributed by atoms with Crippen molar-refractivity contribution >= 4 is 17.5 Å². The second kappa shape index (κ2) is 25.7. The SMILES string of the molecule is COC1CC2CCC(C)C(O)(O2)C(O)C(O)N2CCCCC2C(=O)OC(C(C)CC2CCC(O)C(OC)C2)CC(=O)C(C)/C=C(\C)C(O)C(OC)C(=O)C(C)CC(C)/C=C/C=C/C=C/1C. The van der Waals surface area contributed by atoms with Crippen molar-refractivity contribution in [1.82, 2.24) is 4.90 Å².